The number of unbranched alkanes of at least 4 members (excludes halogenated alkanes) is 48. The molecule has 72 heavy (non-hydrogen) atoms. The lowest BCUT2D eigenvalue weighted by atomic mass is 10.0. The highest BCUT2D eigenvalue weighted by Gasteiger charge is 2.19. The van der Waals surface area contributed by atoms with Crippen LogP contribution in [0.25, 0.3) is 0 Å². The van der Waals surface area contributed by atoms with Crippen molar-refractivity contribution in [1.82, 2.24) is 0 Å². The molecule has 0 bridgehead atoms. The Bertz CT molecular complexity index is 1120. The largest absolute Gasteiger partial charge is 0.462 e. The Morgan fingerprint density at radius 3 is 0.694 bits per heavy atom. The minimum absolute atomic E-state index is 0.0640. The van der Waals surface area contributed by atoms with Gasteiger partial charge in [0, 0.05) is 19.3 Å². The average molecular weight is 1020 g/mol. The van der Waals surface area contributed by atoms with E-state index in [0.29, 0.717) is 19.3 Å². The molecular formula is C66H126O6. The molecule has 0 saturated carbocycles. The van der Waals surface area contributed by atoms with Crippen LogP contribution in [0.4, 0.5) is 0 Å². The van der Waals surface area contributed by atoms with Gasteiger partial charge in [-0.1, -0.05) is 322 Å². The van der Waals surface area contributed by atoms with Crippen LogP contribution in [0.2, 0.25) is 0 Å². The molecule has 0 spiro atoms. The zero-order chi connectivity index (χ0) is 52.2. The molecule has 426 valence electrons. The van der Waals surface area contributed by atoms with E-state index in [0.717, 1.165) is 57.8 Å². The summed E-state index contributed by atoms with van der Waals surface area (Å²) in [6.45, 7) is 6.65. The monoisotopic (exact) mass is 1010 g/mol. The van der Waals surface area contributed by atoms with E-state index in [1.165, 1.54) is 276 Å². The van der Waals surface area contributed by atoms with Gasteiger partial charge in [-0.3, -0.25) is 14.4 Å². The van der Waals surface area contributed by atoms with E-state index in [2.05, 4.69) is 32.9 Å². The molecule has 0 aliphatic carbocycles. The van der Waals surface area contributed by atoms with Crippen molar-refractivity contribution in [3.05, 3.63) is 12.2 Å². The van der Waals surface area contributed by atoms with E-state index in [4.69, 9.17) is 14.2 Å². The first-order chi connectivity index (χ1) is 35.5. The first kappa shape index (κ1) is 70.1. The van der Waals surface area contributed by atoms with Gasteiger partial charge in [-0.2, -0.15) is 0 Å². The second-order valence-electron chi connectivity index (χ2n) is 22.4. The number of allylic oxidation sites excluding steroid dienone is 2. The summed E-state index contributed by atoms with van der Waals surface area (Å²) in [4.78, 5) is 38.0. The van der Waals surface area contributed by atoms with Gasteiger partial charge in [0.2, 0.25) is 0 Å². The number of hydrogen-bond donors (Lipinski definition) is 0. The summed E-state index contributed by atoms with van der Waals surface area (Å²) in [5.41, 5.74) is 0. The van der Waals surface area contributed by atoms with Crippen molar-refractivity contribution in [3.63, 3.8) is 0 Å². The fourth-order valence-corrected chi connectivity index (χ4v) is 10.1. The summed E-state index contributed by atoms with van der Waals surface area (Å²) in [5, 5.41) is 0. The third kappa shape index (κ3) is 59.0. The minimum Gasteiger partial charge on any atom is -0.462 e. The third-order valence-electron chi connectivity index (χ3n) is 15.0. The molecule has 0 heterocycles. The molecule has 6 nitrogen and oxygen atoms in total. The first-order valence-corrected chi connectivity index (χ1v) is 32.7. The highest BCUT2D eigenvalue weighted by molar-refractivity contribution is 5.71. The Morgan fingerprint density at radius 2 is 0.458 bits per heavy atom. The van der Waals surface area contributed by atoms with Gasteiger partial charge in [-0.25, -0.2) is 0 Å². The fraction of sp³-hybridized carbons (Fsp3) is 0.924. The molecule has 1 atom stereocenters. The van der Waals surface area contributed by atoms with Crippen LogP contribution in [0.5, 0.6) is 0 Å². The summed E-state index contributed by atoms with van der Waals surface area (Å²) < 4.78 is 16.8. The Balaban J connectivity index is 3.99. The van der Waals surface area contributed by atoms with Crippen LogP contribution in [0, 0.1) is 0 Å². The van der Waals surface area contributed by atoms with Crippen LogP contribution in [-0.2, 0) is 28.6 Å². The zero-order valence-corrected chi connectivity index (χ0v) is 49.0. The summed E-state index contributed by atoms with van der Waals surface area (Å²) in [6.07, 6.45) is 72.7. The predicted octanol–water partition coefficient (Wildman–Crippen LogP) is 22.1. The third-order valence-corrected chi connectivity index (χ3v) is 15.0. The van der Waals surface area contributed by atoms with Crippen molar-refractivity contribution in [2.75, 3.05) is 13.2 Å². The second kappa shape index (κ2) is 61.7. The molecule has 0 rings (SSSR count). The summed E-state index contributed by atoms with van der Waals surface area (Å²) in [5.74, 6) is -0.846. The Labute approximate surface area is 450 Å². The van der Waals surface area contributed by atoms with Gasteiger partial charge >= 0.3 is 17.9 Å². The van der Waals surface area contributed by atoms with E-state index >= 15 is 0 Å². The Hall–Kier alpha value is -1.85. The smallest absolute Gasteiger partial charge is 0.306 e. The lowest BCUT2D eigenvalue weighted by molar-refractivity contribution is -0.167. The van der Waals surface area contributed by atoms with Crippen LogP contribution >= 0.6 is 0 Å². The van der Waals surface area contributed by atoms with Crippen molar-refractivity contribution in [2.45, 2.75) is 380 Å². The maximum Gasteiger partial charge on any atom is 0.306 e. The molecule has 0 aromatic heterocycles. The van der Waals surface area contributed by atoms with Gasteiger partial charge in [-0.15, -0.1) is 0 Å². The lowest BCUT2D eigenvalue weighted by Gasteiger charge is -2.18. The molecule has 0 radical (unpaired) electrons. The van der Waals surface area contributed by atoms with Crippen molar-refractivity contribution >= 4 is 17.9 Å². The highest BCUT2D eigenvalue weighted by atomic mass is 16.6. The van der Waals surface area contributed by atoms with E-state index < -0.39 is 6.10 Å². The van der Waals surface area contributed by atoms with Crippen molar-refractivity contribution in [3.8, 4) is 0 Å². The van der Waals surface area contributed by atoms with E-state index in [9.17, 15) is 14.4 Å². The maximum atomic E-state index is 12.8. The lowest BCUT2D eigenvalue weighted by Crippen LogP contribution is -2.30. The number of ether oxygens (including phenoxy) is 3. The molecule has 0 aliphatic rings. The summed E-state index contributed by atoms with van der Waals surface area (Å²) in [7, 11) is 0. The van der Waals surface area contributed by atoms with Gasteiger partial charge in [-0.05, 0) is 44.9 Å². The standard InChI is InChI=1S/C66H126O6/c1-4-7-10-13-16-18-20-22-24-26-28-30-31-32-33-34-35-37-38-40-42-44-46-48-50-53-56-59-65(68)71-62-63(61-70-64(67)58-55-52-15-12-9-6-3)72-66(69)60-57-54-51-49-47-45-43-41-39-36-29-27-25-23-21-19-17-14-11-8-5-2/h26,28,63H,4-25,27,29-62H2,1-3H3/b28-26-. The number of carbonyl (C=O) groups is 3. The SMILES string of the molecule is CCCCCCCCCC/C=C\CCCCCCCCCCCCCCCCCC(=O)OCC(COC(=O)CCCCCCCC)OC(=O)CCCCCCCCCCCCCCCCCCCCCCC. The normalized spacial score (nSPS) is 12.0. The minimum atomic E-state index is -0.762. The zero-order valence-electron chi connectivity index (χ0n) is 49.0. The Morgan fingerprint density at radius 1 is 0.264 bits per heavy atom. The number of carbonyl (C=O) groups excluding carboxylic acids is 3. The van der Waals surface area contributed by atoms with Crippen molar-refractivity contribution in [1.29, 1.82) is 0 Å². The summed E-state index contributed by atoms with van der Waals surface area (Å²) in [6, 6.07) is 0. The predicted molar refractivity (Wildman–Crippen MR) is 312 cm³/mol. The van der Waals surface area contributed by atoms with Crippen LogP contribution < -0.4 is 0 Å². The van der Waals surface area contributed by atoms with Gasteiger partial charge in [0.15, 0.2) is 6.10 Å². The molecule has 0 N–H and O–H groups in total. The molecule has 6 heteroatoms. The molecule has 0 fully saturated rings. The highest BCUT2D eigenvalue weighted by Crippen LogP contribution is 2.18. The van der Waals surface area contributed by atoms with E-state index in [-0.39, 0.29) is 31.1 Å². The topological polar surface area (TPSA) is 78.9 Å². The maximum absolute atomic E-state index is 12.8. The quantitative estimate of drug-likeness (QED) is 0.0261. The van der Waals surface area contributed by atoms with E-state index in [1.54, 1.807) is 0 Å². The molecule has 0 amide bonds. The first-order valence-electron chi connectivity index (χ1n) is 32.7. The van der Waals surface area contributed by atoms with Crippen LogP contribution in [0.1, 0.15) is 374 Å². The number of rotatable bonds is 61. The van der Waals surface area contributed by atoms with Gasteiger partial charge in [0.1, 0.15) is 13.2 Å². The molecule has 0 saturated heterocycles. The number of esters is 3. The van der Waals surface area contributed by atoms with Crippen LogP contribution in [0.15, 0.2) is 12.2 Å². The molecule has 0 aliphatic heterocycles. The Kier molecular flexibility index (Phi) is 60.1. The average Bonchev–Trinajstić information content (AvgIpc) is 3.38. The fourth-order valence-electron chi connectivity index (χ4n) is 10.1. The molecule has 0 aromatic rings. The van der Waals surface area contributed by atoms with Crippen molar-refractivity contribution < 1.29 is 28.6 Å². The molecular weight excluding hydrogens is 889 g/mol. The van der Waals surface area contributed by atoms with Crippen LogP contribution in [-0.4, -0.2) is 37.2 Å². The van der Waals surface area contributed by atoms with Gasteiger partial charge < -0.3 is 14.2 Å². The van der Waals surface area contributed by atoms with E-state index in [1.807, 2.05) is 0 Å². The van der Waals surface area contributed by atoms with Crippen LogP contribution in [0.3, 0.4) is 0 Å². The molecule has 0 aromatic carbocycles. The number of hydrogen-bond acceptors (Lipinski definition) is 6. The summed E-state index contributed by atoms with van der Waals surface area (Å²) >= 11 is 0. The second-order valence-corrected chi connectivity index (χ2v) is 22.4. The molecule has 1 unspecified atom stereocenters. The van der Waals surface area contributed by atoms with Gasteiger partial charge in [0.05, 0.1) is 0 Å². The van der Waals surface area contributed by atoms with Gasteiger partial charge in [0.25, 0.3) is 0 Å². The van der Waals surface area contributed by atoms with Crippen molar-refractivity contribution in [2.24, 2.45) is 0 Å².